The molecule has 0 fully saturated rings. The van der Waals surface area contributed by atoms with Crippen LogP contribution in [-0.2, 0) is 0 Å². The summed E-state index contributed by atoms with van der Waals surface area (Å²) >= 11 is 12.1. The van der Waals surface area contributed by atoms with Crippen molar-refractivity contribution in [1.82, 2.24) is 14.5 Å². The highest BCUT2D eigenvalue weighted by atomic mass is 35.5. The van der Waals surface area contributed by atoms with E-state index in [1.807, 2.05) is 0 Å². The second-order valence-corrected chi connectivity index (χ2v) is 8.22. The second-order valence-electron chi connectivity index (χ2n) is 7.34. The second kappa shape index (κ2) is 8.31. The molecule has 0 atom stereocenters. The molecule has 162 valence electrons. The average Bonchev–Trinajstić information content (AvgIpc) is 2.79. The van der Waals surface area contributed by atoms with Gasteiger partial charge in [-0.15, -0.1) is 0 Å². The largest absolute Gasteiger partial charge is 0.334 e. The molecule has 0 saturated carbocycles. The lowest BCUT2D eigenvalue weighted by molar-refractivity contribution is 0.628. The Labute approximate surface area is 196 Å². The van der Waals surface area contributed by atoms with E-state index in [-0.39, 0.29) is 16.9 Å². The highest BCUT2D eigenvalue weighted by molar-refractivity contribution is 6.31. The number of halogens is 3. The fourth-order valence-corrected chi connectivity index (χ4v) is 4.00. The highest BCUT2D eigenvalue weighted by Gasteiger charge is 2.18. The van der Waals surface area contributed by atoms with Gasteiger partial charge in [0.2, 0.25) is 0 Å². The lowest BCUT2D eigenvalue weighted by atomic mass is 10.00. The zero-order valence-corrected chi connectivity index (χ0v) is 18.4. The van der Waals surface area contributed by atoms with E-state index in [4.69, 9.17) is 23.2 Å². The Balaban J connectivity index is 1.87. The van der Waals surface area contributed by atoms with Crippen molar-refractivity contribution in [3.63, 3.8) is 0 Å². The third-order valence-corrected chi connectivity index (χ3v) is 5.71. The van der Waals surface area contributed by atoms with E-state index in [1.54, 1.807) is 60.7 Å². The zero-order chi connectivity index (χ0) is 23.1. The highest BCUT2D eigenvalue weighted by Crippen LogP contribution is 2.30. The number of aromatic amines is 1. The van der Waals surface area contributed by atoms with Crippen LogP contribution in [0.1, 0.15) is 0 Å². The van der Waals surface area contributed by atoms with Crippen molar-refractivity contribution in [1.29, 1.82) is 0 Å². The maximum Gasteiger partial charge on any atom is 0.334 e. The van der Waals surface area contributed by atoms with E-state index in [0.717, 1.165) is 4.57 Å². The first kappa shape index (κ1) is 21.1. The molecule has 5 aromatic rings. The number of H-pyrrole nitrogens is 1. The molecule has 1 N–H and O–H groups in total. The number of pyridine rings is 1. The maximum absolute atomic E-state index is 13.6. The van der Waals surface area contributed by atoms with Crippen LogP contribution in [0.3, 0.4) is 0 Å². The quantitative estimate of drug-likeness (QED) is 0.354. The molecule has 0 amide bonds. The topological polar surface area (TPSA) is 67.8 Å². The third kappa shape index (κ3) is 3.95. The van der Waals surface area contributed by atoms with Gasteiger partial charge in [0.25, 0.3) is 5.56 Å². The molecule has 2 aromatic heterocycles. The van der Waals surface area contributed by atoms with Gasteiger partial charge in [-0.2, -0.15) is 0 Å². The molecule has 5 nitrogen and oxygen atoms in total. The summed E-state index contributed by atoms with van der Waals surface area (Å²) in [6.45, 7) is 0. The van der Waals surface area contributed by atoms with E-state index in [2.05, 4.69) is 9.97 Å². The van der Waals surface area contributed by atoms with Crippen molar-refractivity contribution in [2.24, 2.45) is 0 Å². The molecule has 0 unspecified atom stereocenters. The molecule has 0 aliphatic rings. The predicted molar refractivity (Wildman–Crippen MR) is 129 cm³/mol. The van der Waals surface area contributed by atoms with Crippen molar-refractivity contribution < 1.29 is 4.39 Å². The lowest BCUT2D eigenvalue weighted by Crippen LogP contribution is -2.34. The fourth-order valence-electron chi connectivity index (χ4n) is 3.69. The molecule has 2 heterocycles. The van der Waals surface area contributed by atoms with Gasteiger partial charge in [-0.05, 0) is 66.2 Å². The van der Waals surface area contributed by atoms with E-state index in [1.165, 1.54) is 18.2 Å². The first-order valence-electron chi connectivity index (χ1n) is 9.88. The van der Waals surface area contributed by atoms with Crippen molar-refractivity contribution >= 4 is 34.2 Å². The van der Waals surface area contributed by atoms with Crippen molar-refractivity contribution in [3.05, 3.63) is 116 Å². The Kier molecular flexibility index (Phi) is 5.32. The minimum absolute atomic E-state index is 0.120. The predicted octanol–water partition coefficient (Wildman–Crippen LogP) is 5.85. The van der Waals surface area contributed by atoms with Gasteiger partial charge in [0.05, 0.1) is 16.8 Å². The molecular weight excluding hydrogens is 464 g/mol. The summed E-state index contributed by atoms with van der Waals surface area (Å²) in [5.74, 6) is -0.379. The number of benzene rings is 3. The van der Waals surface area contributed by atoms with Crippen LogP contribution < -0.4 is 11.2 Å². The maximum atomic E-state index is 13.6. The lowest BCUT2D eigenvalue weighted by Gasteiger charge is -2.12. The molecule has 0 radical (unpaired) electrons. The number of hydrogen-bond acceptors (Lipinski definition) is 3. The van der Waals surface area contributed by atoms with E-state index >= 15 is 0 Å². The Morgan fingerprint density at radius 1 is 0.818 bits per heavy atom. The zero-order valence-electron chi connectivity index (χ0n) is 16.9. The molecule has 0 aliphatic carbocycles. The van der Waals surface area contributed by atoms with Crippen LogP contribution in [0.15, 0.2) is 88.5 Å². The molecule has 3 aromatic carbocycles. The van der Waals surface area contributed by atoms with Gasteiger partial charge < -0.3 is 0 Å². The number of nitrogens with one attached hydrogen (secondary N) is 1. The van der Waals surface area contributed by atoms with Gasteiger partial charge in [0, 0.05) is 21.2 Å². The van der Waals surface area contributed by atoms with Crippen LogP contribution in [0.2, 0.25) is 10.0 Å². The van der Waals surface area contributed by atoms with Gasteiger partial charge in [-0.1, -0.05) is 41.4 Å². The summed E-state index contributed by atoms with van der Waals surface area (Å²) in [7, 11) is 0. The summed E-state index contributed by atoms with van der Waals surface area (Å²) in [4.78, 5) is 33.7. The smallest absolute Gasteiger partial charge is 0.291 e. The molecular formula is C25H14Cl2FN3O2. The van der Waals surface area contributed by atoms with Crippen molar-refractivity contribution in [2.75, 3.05) is 0 Å². The SMILES string of the molecule is O=c1[nH]c2nc(-c3ccc(F)cc3)cc(-c3ccc(Cl)cc3)c2c(=O)n1-c1cccc(Cl)c1. The summed E-state index contributed by atoms with van der Waals surface area (Å²) in [6, 6.07) is 21.0. The summed E-state index contributed by atoms with van der Waals surface area (Å²) in [6.07, 6.45) is 0. The Morgan fingerprint density at radius 2 is 1.52 bits per heavy atom. The molecule has 8 heteroatoms. The fraction of sp³-hybridized carbons (Fsp3) is 0. The number of rotatable bonds is 3. The summed E-state index contributed by atoms with van der Waals surface area (Å²) < 4.78 is 14.5. The molecule has 0 saturated heterocycles. The summed E-state index contributed by atoms with van der Waals surface area (Å²) in [5, 5.41) is 1.16. The van der Waals surface area contributed by atoms with Gasteiger partial charge in [-0.25, -0.2) is 18.7 Å². The normalized spacial score (nSPS) is 11.1. The molecule has 0 bridgehead atoms. The number of hydrogen-bond donors (Lipinski definition) is 1. The van der Waals surface area contributed by atoms with Gasteiger partial charge >= 0.3 is 5.69 Å². The minimum atomic E-state index is -0.652. The molecule has 0 spiro atoms. The van der Waals surface area contributed by atoms with Crippen LogP contribution in [0.4, 0.5) is 4.39 Å². The van der Waals surface area contributed by atoms with Gasteiger partial charge in [0.1, 0.15) is 11.5 Å². The Hall–Kier alpha value is -3.74. The minimum Gasteiger partial charge on any atom is -0.291 e. The number of aromatic nitrogens is 3. The van der Waals surface area contributed by atoms with Crippen LogP contribution >= 0.6 is 23.2 Å². The van der Waals surface area contributed by atoms with Crippen LogP contribution in [0, 0.1) is 5.82 Å². The Morgan fingerprint density at radius 3 is 2.21 bits per heavy atom. The van der Waals surface area contributed by atoms with Gasteiger partial charge in [0.15, 0.2) is 0 Å². The van der Waals surface area contributed by atoms with E-state index < -0.39 is 11.2 Å². The molecule has 5 rings (SSSR count). The Bertz CT molecular complexity index is 1630. The van der Waals surface area contributed by atoms with Gasteiger partial charge in [-0.3, -0.25) is 9.78 Å². The van der Waals surface area contributed by atoms with E-state index in [9.17, 15) is 14.0 Å². The first-order chi connectivity index (χ1) is 15.9. The van der Waals surface area contributed by atoms with E-state index in [0.29, 0.717) is 38.1 Å². The third-order valence-electron chi connectivity index (χ3n) is 5.23. The first-order valence-corrected chi connectivity index (χ1v) is 10.6. The standard InChI is InChI=1S/C25H14Cl2FN3O2/c26-16-8-4-14(5-9-16)20-13-21(15-6-10-18(28)11-7-15)29-23-22(20)24(32)31(25(33)30-23)19-3-1-2-17(27)12-19/h1-13H,(H,29,30,33). The van der Waals surface area contributed by atoms with Crippen LogP contribution in [0.5, 0.6) is 0 Å². The van der Waals surface area contributed by atoms with Crippen LogP contribution in [-0.4, -0.2) is 14.5 Å². The van der Waals surface area contributed by atoms with Crippen molar-refractivity contribution in [3.8, 4) is 28.1 Å². The van der Waals surface area contributed by atoms with Crippen LogP contribution in [0.25, 0.3) is 39.1 Å². The average molecular weight is 478 g/mol. The number of nitrogens with zero attached hydrogens (tertiary/aromatic N) is 2. The number of fused-ring (bicyclic) bond motifs is 1. The molecule has 33 heavy (non-hydrogen) atoms. The van der Waals surface area contributed by atoms with Crippen molar-refractivity contribution in [2.45, 2.75) is 0 Å². The monoisotopic (exact) mass is 477 g/mol. The summed E-state index contributed by atoms with van der Waals surface area (Å²) in [5.41, 5.74) is 1.62. The molecule has 0 aliphatic heterocycles.